The highest BCUT2D eigenvalue weighted by Gasteiger charge is 2.23. The monoisotopic (exact) mass is 435 g/mol. The first kappa shape index (κ1) is 20.2. The minimum Gasteiger partial charge on any atom is -0.457 e. The Kier molecular flexibility index (Phi) is 5.93. The molecule has 0 bridgehead atoms. The molecule has 3 aromatic carbocycles. The summed E-state index contributed by atoms with van der Waals surface area (Å²) in [5.74, 6) is -0.150. The van der Waals surface area contributed by atoms with Crippen molar-refractivity contribution in [1.82, 2.24) is 4.72 Å². The molecule has 0 aromatic heterocycles. The lowest BCUT2D eigenvalue weighted by atomic mass is 10.2. The average molecular weight is 436 g/mol. The van der Waals surface area contributed by atoms with Gasteiger partial charge >= 0.3 is 0 Å². The standard InChI is InChI=1S/C20H15Cl2NO4S/c1-13-17(22)6-4-8-19(13)28(25,26)23-20(24)16-5-2-3-7-18(16)27-15-11-9-14(21)10-12-15/h2-12H,1H3,(H,23,24). The number of para-hydroxylation sites is 1. The van der Waals surface area contributed by atoms with Crippen LogP contribution in [0.2, 0.25) is 10.0 Å². The van der Waals surface area contributed by atoms with Crippen LogP contribution < -0.4 is 9.46 Å². The summed E-state index contributed by atoms with van der Waals surface area (Å²) in [4.78, 5) is 12.6. The van der Waals surface area contributed by atoms with Gasteiger partial charge in [-0.1, -0.05) is 41.4 Å². The predicted octanol–water partition coefficient (Wildman–Crippen LogP) is 5.21. The summed E-state index contributed by atoms with van der Waals surface area (Å²) in [7, 11) is -4.11. The first-order valence-electron chi connectivity index (χ1n) is 8.12. The molecule has 0 saturated carbocycles. The van der Waals surface area contributed by atoms with Crippen molar-refractivity contribution in [3.05, 3.63) is 87.9 Å². The number of ether oxygens (including phenoxy) is 1. The van der Waals surface area contributed by atoms with Gasteiger partial charge in [0.1, 0.15) is 11.5 Å². The van der Waals surface area contributed by atoms with E-state index in [0.29, 0.717) is 21.4 Å². The van der Waals surface area contributed by atoms with Crippen molar-refractivity contribution < 1.29 is 17.9 Å². The topological polar surface area (TPSA) is 72.5 Å². The normalized spacial score (nSPS) is 11.1. The third-order valence-electron chi connectivity index (χ3n) is 3.91. The maximum atomic E-state index is 12.7. The Labute approximate surface area is 172 Å². The van der Waals surface area contributed by atoms with Gasteiger partial charge in [0.05, 0.1) is 10.5 Å². The summed E-state index contributed by atoms with van der Waals surface area (Å²) in [6.45, 7) is 1.57. The van der Waals surface area contributed by atoms with Crippen molar-refractivity contribution in [2.45, 2.75) is 11.8 Å². The molecule has 0 fully saturated rings. The quantitative estimate of drug-likeness (QED) is 0.596. The van der Waals surface area contributed by atoms with Crippen molar-refractivity contribution in [3.8, 4) is 11.5 Å². The fourth-order valence-corrected chi connectivity index (χ4v) is 4.07. The third-order valence-corrected chi connectivity index (χ3v) is 6.04. The Balaban J connectivity index is 1.89. The van der Waals surface area contributed by atoms with Gasteiger partial charge in [-0.15, -0.1) is 0 Å². The molecule has 28 heavy (non-hydrogen) atoms. The fourth-order valence-electron chi connectivity index (χ4n) is 2.48. The van der Waals surface area contributed by atoms with Gasteiger partial charge in [-0.3, -0.25) is 4.79 Å². The molecule has 3 rings (SSSR count). The predicted molar refractivity (Wildman–Crippen MR) is 109 cm³/mol. The zero-order valence-corrected chi connectivity index (χ0v) is 17.0. The van der Waals surface area contributed by atoms with E-state index < -0.39 is 15.9 Å². The van der Waals surface area contributed by atoms with Crippen LogP contribution in [-0.2, 0) is 10.0 Å². The average Bonchev–Trinajstić information content (AvgIpc) is 2.65. The van der Waals surface area contributed by atoms with Gasteiger partial charge in [0, 0.05) is 10.0 Å². The number of rotatable bonds is 5. The summed E-state index contributed by atoms with van der Waals surface area (Å²) in [6.07, 6.45) is 0. The van der Waals surface area contributed by atoms with E-state index >= 15 is 0 Å². The lowest BCUT2D eigenvalue weighted by molar-refractivity contribution is 0.0979. The van der Waals surface area contributed by atoms with E-state index in [9.17, 15) is 13.2 Å². The molecule has 0 radical (unpaired) electrons. The zero-order valence-electron chi connectivity index (χ0n) is 14.6. The maximum absolute atomic E-state index is 12.7. The minimum atomic E-state index is -4.11. The Bertz CT molecular complexity index is 1130. The fraction of sp³-hybridized carbons (Fsp3) is 0.0500. The van der Waals surface area contributed by atoms with Gasteiger partial charge < -0.3 is 4.74 Å². The van der Waals surface area contributed by atoms with E-state index in [1.165, 1.54) is 18.2 Å². The molecular formula is C20H15Cl2NO4S. The molecule has 0 atom stereocenters. The van der Waals surface area contributed by atoms with E-state index in [2.05, 4.69) is 4.72 Å². The lowest BCUT2D eigenvalue weighted by Crippen LogP contribution is -2.31. The van der Waals surface area contributed by atoms with Crippen LogP contribution >= 0.6 is 23.2 Å². The number of amides is 1. The molecule has 0 spiro atoms. The van der Waals surface area contributed by atoms with Crippen molar-refractivity contribution >= 4 is 39.1 Å². The molecule has 0 aliphatic carbocycles. The van der Waals surface area contributed by atoms with Gasteiger partial charge in [-0.2, -0.15) is 0 Å². The number of carbonyl (C=O) groups excluding carboxylic acids is 1. The third kappa shape index (κ3) is 4.47. The van der Waals surface area contributed by atoms with E-state index in [4.69, 9.17) is 27.9 Å². The summed E-state index contributed by atoms with van der Waals surface area (Å²) in [5, 5.41) is 0.836. The number of benzene rings is 3. The summed E-state index contributed by atoms with van der Waals surface area (Å²) in [6, 6.07) is 17.4. The van der Waals surface area contributed by atoms with E-state index in [0.717, 1.165) is 0 Å². The Morgan fingerprint density at radius 1 is 0.929 bits per heavy atom. The molecule has 8 heteroatoms. The summed E-state index contributed by atoms with van der Waals surface area (Å²) >= 11 is 11.8. The van der Waals surface area contributed by atoms with Crippen LogP contribution in [-0.4, -0.2) is 14.3 Å². The largest absolute Gasteiger partial charge is 0.457 e. The van der Waals surface area contributed by atoms with Crippen LogP contribution in [0.4, 0.5) is 0 Å². The van der Waals surface area contributed by atoms with E-state index in [-0.39, 0.29) is 16.2 Å². The molecule has 0 unspecified atom stereocenters. The number of carbonyl (C=O) groups is 1. The van der Waals surface area contributed by atoms with Crippen molar-refractivity contribution in [1.29, 1.82) is 0 Å². The second-order valence-electron chi connectivity index (χ2n) is 5.85. The lowest BCUT2D eigenvalue weighted by Gasteiger charge is -2.13. The molecule has 0 aliphatic rings. The maximum Gasteiger partial charge on any atom is 0.268 e. The highest BCUT2D eigenvalue weighted by Crippen LogP contribution is 2.27. The van der Waals surface area contributed by atoms with Gasteiger partial charge in [-0.25, -0.2) is 13.1 Å². The molecular weight excluding hydrogens is 421 g/mol. The van der Waals surface area contributed by atoms with Crippen LogP contribution in [0.3, 0.4) is 0 Å². The second kappa shape index (κ2) is 8.22. The highest BCUT2D eigenvalue weighted by atomic mass is 35.5. The minimum absolute atomic E-state index is 0.0653. The molecule has 144 valence electrons. The van der Waals surface area contributed by atoms with Crippen molar-refractivity contribution in [2.24, 2.45) is 0 Å². The second-order valence-corrected chi connectivity index (χ2v) is 8.34. The molecule has 1 N–H and O–H groups in total. The van der Waals surface area contributed by atoms with Crippen LogP contribution in [0.25, 0.3) is 0 Å². The molecule has 5 nitrogen and oxygen atoms in total. The van der Waals surface area contributed by atoms with Crippen LogP contribution in [0.1, 0.15) is 15.9 Å². The van der Waals surface area contributed by atoms with Gasteiger partial charge in [0.2, 0.25) is 0 Å². The molecule has 0 aliphatic heterocycles. The zero-order chi connectivity index (χ0) is 20.3. The Hall–Kier alpha value is -2.54. The van der Waals surface area contributed by atoms with Crippen LogP contribution in [0.5, 0.6) is 11.5 Å². The van der Waals surface area contributed by atoms with Gasteiger partial charge in [0.25, 0.3) is 15.9 Å². The van der Waals surface area contributed by atoms with Gasteiger partial charge in [0.15, 0.2) is 0 Å². The van der Waals surface area contributed by atoms with Crippen LogP contribution in [0.15, 0.2) is 71.6 Å². The Morgan fingerprint density at radius 3 is 2.32 bits per heavy atom. The van der Waals surface area contributed by atoms with E-state index in [1.807, 2.05) is 0 Å². The van der Waals surface area contributed by atoms with Gasteiger partial charge in [-0.05, 0) is 61.0 Å². The molecule has 3 aromatic rings. The number of nitrogens with one attached hydrogen (secondary N) is 1. The number of sulfonamides is 1. The summed E-state index contributed by atoms with van der Waals surface area (Å²) < 4.78 is 33.1. The number of halogens is 2. The molecule has 0 saturated heterocycles. The van der Waals surface area contributed by atoms with Crippen LogP contribution in [0, 0.1) is 6.92 Å². The highest BCUT2D eigenvalue weighted by molar-refractivity contribution is 7.90. The number of hydrogen-bond acceptors (Lipinski definition) is 4. The Morgan fingerprint density at radius 2 is 1.61 bits per heavy atom. The van der Waals surface area contributed by atoms with Crippen molar-refractivity contribution in [3.63, 3.8) is 0 Å². The van der Waals surface area contributed by atoms with Crippen molar-refractivity contribution in [2.75, 3.05) is 0 Å². The first-order chi connectivity index (χ1) is 13.3. The van der Waals surface area contributed by atoms with E-state index in [1.54, 1.807) is 55.5 Å². The first-order valence-corrected chi connectivity index (χ1v) is 10.4. The SMILES string of the molecule is Cc1c(Cl)cccc1S(=O)(=O)NC(=O)c1ccccc1Oc1ccc(Cl)cc1. The smallest absolute Gasteiger partial charge is 0.268 e. The molecule has 1 amide bonds. The molecule has 0 heterocycles. The number of hydrogen-bond donors (Lipinski definition) is 1. The summed E-state index contributed by atoms with van der Waals surface area (Å²) in [5.41, 5.74) is 0.427.